The highest BCUT2D eigenvalue weighted by Crippen LogP contribution is 2.32. The van der Waals surface area contributed by atoms with Crippen LogP contribution < -0.4 is 4.90 Å². The molecule has 134 valence electrons. The van der Waals surface area contributed by atoms with Crippen molar-refractivity contribution in [1.82, 2.24) is 9.97 Å². The van der Waals surface area contributed by atoms with E-state index in [0.29, 0.717) is 6.54 Å². The Morgan fingerprint density at radius 1 is 0.571 bits per heavy atom. The molecule has 5 rings (SSSR count). The molecule has 0 spiro atoms. The van der Waals surface area contributed by atoms with Crippen molar-refractivity contribution in [2.75, 3.05) is 4.90 Å². The van der Waals surface area contributed by atoms with E-state index >= 15 is 0 Å². The number of hydrogen-bond donors (Lipinski definition) is 0. The normalized spacial score (nSPS) is 11.0. The van der Waals surface area contributed by atoms with Crippen LogP contribution in [0.3, 0.4) is 0 Å². The van der Waals surface area contributed by atoms with Crippen molar-refractivity contribution in [3.8, 4) is 0 Å². The third-order valence-corrected chi connectivity index (χ3v) is 5.05. The second-order valence-electron chi connectivity index (χ2n) is 6.76. The maximum atomic E-state index is 4.60. The summed E-state index contributed by atoms with van der Waals surface area (Å²) in [5.74, 6) is 1.77. The zero-order valence-electron chi connectivity index (χ0n) is 15.4. The Morgan fingerprint density at radius 2 is 1.07 bits per heavy atom. The van der Waals surface area contributed by atoms with Crippen molar-refractivity contribution in [2.45, 2.75) is 6.54 Å². The van der Waals surface area contributed by atoms with Crippen molar-refractivity contribution < 1.29 is 0 Å². The van der Waals surface area contributed by atoms with Crippen LogP contribution in [0.15, 0.2) is 103 Å². The maximum absolute atomic E-state index is 4.60. The first kappa shape index (κ1) is 16.5. The molecule has 28 heavy (non-hydrogen) atoms. The van der Waals surface area contributed by atoms with E-state index in [2.05, 4.69) is 69.5 Å². The third-order valence-electron chi connectivity index (χ3n) is 5.05. The van der Waals surface area contributed by atoms with E-state index in [0.717, 1.165) is 11.6 Å². The van der Waals surface area contributed by atoms with Gasteiger partial charge in [-0.3, -0.25) is 0 Å². The fourth-order valence-electron chi connectivity index (χ4n) is 3.74. The van der Waals surface area contributed by atoms with Crippen LogP contribution >= 0.6 is 0 Å². The quantitative estimate of drug-likeness (QED) is 0.361. The number of benzene rings is 3. The summed E-state index contributed by atoms with van der Waals surface area (Å²) in [5, 5.41) is 5.02. The van der Waals surface area contributed by atoms with Gasteiger partial charge in [-0.15, -0.1) is 0 Å². The average molecular weight is 361 g/mol. The molecular weight excluding hydrogens is 342 g/mol. The van der Waals surface area contributed by atoms with Crippen LogP contribution in [0.4, 0.5) is 11.6 Å². The third kappa shape index (κ3) is 2.97. The first-order valence-corrected chi connectivity index (χ1v) is 9.39. The molecule has 0 N–H and O–H groups in total. The highest BCUT2D eigenvalue weighted by atomic mass is 15.2. The first-order chi connectivity index (χ1) is 13.9. The molecule has 0 saturated carbocycles. The minimum Gasteiger partial charge on any atom is -0.306 e. The van der Waals surface area contributed by atoms with E-state index in [1.807, 2.05) is 48.8 Å². The van der Waals surface area contributed by atoms with Gasteiger partial charge in [0.2, 0.25) is 0 Å². The van der Waals surface area contributed by atoms with Gasteiger partial charge < -0.3 is 4.90 Å². The largest absolute Gasteiger partial charge is 0.306 e. The lowest BCUT2D eigenvalue weighted by Gasteiger charge is -2.24. The van der Waals surface area contributed by atoms with Gasteiger partial charge >= 0.3 is 0 Å². The van der Waals surface area contributed by atoms with E-state index in [1.165, 1.54) is 27.1 Å². The lowest BCUT2D eigenvalue weighted by molar-refractivity contribution is 0.935. The fraction of sp³-hybridized carbons (Fsp3) is 0.0400. The van der Waals surface area contributed by atoms with Gasteiger partial charge in [-0.2, -0.15) is 0 Å². The van der Waals surface area contributed by atoms with Gasteiger partial charge in [0.15, 0.2) is 0 Å². The summed E-state index contributed by atoms with van der Waals surface area (Å²) in [7, 11) is 0. The molecule has 0 atom stereocenters. The highest BCUT2D eigenvalue weighted by molar-refractivity contribution is 6.02. The smallest absolute Gasteiger partial charge is 0.134 e. The van der Waals surface area contributed by atoms with E-state index in [9.17, 15) is 0 Å². The maximum Gasteiger partial charge on any atom is 0.134 e. The summed E-state index contributed by atoms with van der Waals surface area (Å²) < 4.78 is 0. The predicted octanol–water partition coefficient (Wildman–Crippen LogP) is 6.12. The molecule has 0 saturated heterocycles. The molecule has 0 unspecified atom stereocenters. The number of fused-ring (bicyclic) bond motifs is 2. The average Bonchev–Trinajstić information content (AvgIpc) is 2.78. The molecule has 5 aromatic rings. The molecule has 0 fully saturated rings. The van der Waals surface area contributed by atoms with Crippen molar-refractivity contribution in [2.24, 2.45) is 0 Å². The van der Waals surface area contributed by atoms with Gasteiger partial charge in [-0.25, -0.2) is 9.97 Å². The van der Waals surface area contributed by atoms with E-state index in [-0.39, 0.29) is 0 Å². The Morgan fingerprint density at radius 3 is 1.57 bits per heavy atom. The van der Waals surface area contributed by atoms with Gasteiger partial charge in [-0.1, -0.05) is 60.7 Å². The Labute approximate surface area is 163 Å². The second-order valence-corrected chi connectivity index (χ2v) is 6.76. The Balaban J connectivity index is 1.74. The summed E-state index contributed by atoms with van der Waals surface area (Å²) in [6.07, 6.45) is 3.65. The summed E-state index contributed by atoms with van der Waals surface area (Å²) in [4.78, 5) is 11.4. The van der Waals surface area contributed by atoms with Crippen LogP contribution in [0.2, 0.25) is 0 Å². The number of rotatable bonds is 4. The SMILES string of the molecule is c1ccc(N(Cc2c3ccccc3cc3ccccc23)c2ccccn2)nc1. The number of nitrogens with zero attached hydrogens (tertiary/aromatic N) is 3. The van der Waals surface area contributed by atoms with Crippen LogP contribution in [0.25, 0.3) is 21.5 Å². The van der Waals surface area contributed by atoms with Gasteiger partial charge in [-0.05, 0) is 57.4 Å². The molecule has 0 bridgehead atoms. The van der Waals surface area contributed by atoms with Crippen molar-refractivity contribution >= 4 is 33.2 Å². The Bertz CT molecular complexity index is 1140. The molecule has 3 nitrogen and oxygen atoms in total. The van der Waals surface area contributed by atoms with Crippen molar-refractivity contribution in [3.05, 3.63) is 109 Å². The number of pyridine rings is 2. The molecule has 3 aromatic carbocycles. The molecule has 0 radical (unpaired) electrons. The zero-order valence-corrected chi connectivity index (χ0v) is 15.4. The molecule has 2 aromatic heterocycles. The van der Waals surface area contributed by atoms with Crippen LogP contribution in [0, 0.1) is 0 Å². The van der Waals surface area contributed by atoms with Crippen LogP contribution in [0.5, 0.6) is 0 Å². The summed E-state index contributed by atoms with van der Waals surface area (Å²) >= 11 is 0. The van der Waals surface area contributed by atoms with Crippen molar-refractivity contribution in [1.29, 1.82) is 0 Å². The molecule has 0 aliphatic heterocycles. The molecule has 3 heteroatoms. The molecule has 0 amide bonds. The Kier molecular flexibility index (Phi) is 4.19. The minimum atomic E-state index is 0.690. The van der Waals surface area contributed by atoms with E-state index in [1.54, 1.807) is 0 Å². The Hall–Kier alpha value is -3.72. The van der Waals surface area contributed by atoms with Gasteiger partial charge in [0.25, 0.3) is 0 Å². The van der Waals surface area contributed by atoms with Crippen LogP contribution in [-0.2, 0) is 6.54 Å². The van der Waals surface area contributed by atoms with Gasteiger partial charge in [0.05, 0.1) is 6.54 Å². The lowest BCUT2D eigenvalue weighted by atomic mass is 9.96. The molecule has 0 aliphatic carbocycles. The number of aromatic nitrogens is 2. The highest BCUT2D eigenvalue weighted by Gasteiger charge is 2.16. The summed E-state index contributed by atoms with van der Waals surface area (Å²) in [6, 6.07) is 31.4. The topological polar surface area (TPSA) is 29.0 Å². The minimum absolute atomic E-state index is 0.690. The van der Waals surface area contributed by atoms with E-state index < -0.39 is 0 Å². The monoisotopic (exact) mass is 361 g/mol. The zero-order chi connectivity index (χ0) is 18.8. The number of hydrogen-bond acceptors (Lipinski definition) is 3. The molecular formula is C25H19N3. The summed E-state index contributed by atoms with van der Waals surface area (Å²) in [5.41, 5.74) is 1.28. The van der Waals surface area contributed by atoms with Crippen LogP contribution in [-0.4, -0.2) is 9.97 Å². The van der Waals surface area contributed by atoms with E-state index in [4.69, 9.17) is 0 Å². The second kappa shape index (κ2) is 7.12. The fourth-order valence-corrected chi connectivity index (χ4v) is 3.74. The first-order valence-electron chi connectivity index (χ1n) is 9.39. The standard InChI is InChI=1S/C25H19N3/c1-3-11-21-19(9-1)17-20-10-2-4-12-22(20)23(21)18-28(24-13-5-7-15-26-24)25-14-6-8-16-27-25/h1-17H,18H2. The summed E-state index contributed by atoms with van der Waals surface area (Å²) in [6.45, 7) is 0.690. The number of anilines is 2. The molecule has 2 heterocycles. The van der Waals surface area contributed by atoms with Crippen LogP contribution in [0.1, 0.15) is 5.56 Å². The van der Waals surface area contributed by atoms with Crippen molar-refractivity contribution in [3.63, 3.8) is 0 Å². The lowest BCUT2D eigenvalue weighted by Crippen LogP contribution is -2.19. The predicted molar refractivity (Wildman–Crippen MR) is 116 cm³/mol. The molecule has 0 aliphatic rings. The van der Waals surface area contributed by atoms with Gasteiger partial charge in [0.1, 0.15) is 11.6 Å². The van der Waals surface area contributed by atoms with Gasteiger partial charge in [0, 0.05) is 12.4 Å².